The summed E-state index contributed by atoms with van der Waals surface area (Å²) >= 11 is 0. The average Bonchev–Trinajstić information content (AvgIpc) is 3.19. The van der Waals surface area contributed by atoms with Crippen molar-refractivity contribution < 1.29 is 14.1 Å². The molecular weight excluding hydrogens is 421 g/mol. The summed E-state index contributed by atoms with van der Waals surface area (Å²) < 4.78 is 12.7. The van der Waals surface area contributed by atoms with E-state index in [4.69, 9.17) is 9.31 Å². The van der Waals surface area contributed by atoms with Crippen LogP contribution in [0.5, 0.6) is 0 Å². The average molecular weight is 463 g/mol. The summed E-state index contributed by atoms with van der Waals surface area (Å²) in [5, 5.41) is 2.11. The van der Waals surface area contributed by atoms with Gasteiger partial charge in [0, 0.05) is 17.5 Å². The number of hydrogen-bond donors (Lipinski definition) is 0. The largest absolute Gasteiger partial charge is 0.495 e. The number of amides is 1. The number of anilines is 1. The lowest BCUT2D eigenvalue weighted by Gasteiger charge is -2.32. The highest BCUT2D eigenvalue weighted by Crippen LogP contribution is 2.40. The maximum Gasteiger partial charge on any atom is 0.495 e. The van der Waals surface area contributed by atoms with Crippen molar-refractivity contribution in [3.63, 3.8) is 0 Å². The van der Waals surface area contributed by atoms with Crippen molar-refractivity contribution in [2.24, 2.45) is 0 Å². The van der Waals surface area contributed by atoms with Gasteiger partial charge in [-0.3, -0.25) is 4.79 Å². The van der Waals surface area contributed by atoms with E-state index in [9.17, 15) is 4.79 Å². The zero-order valence-electron chi connectivity index (χ0n) is 21.9. The van der Waals surface area contributed by atoms with Gasteiger partial charge in [-0.25, -0.2) is 0 Å². The molecule has 2 aromatic carbocycles. The zero-order chi connectivity index (χ0) is 24.3. The molecule has 0 spiro atoms. The van der Waals surface area contributed by atoms with Crippen LogP contribution in [0, 0.1) is 0 Å². The highest BCUT2D eigenvalue weighted by atomic mass is 16.7. The third kappa shape index (κ3) is 4.92. The van der Waals surface area contributed by atoms with E-state index in [0.717, 1.165) is 40.5 Å². The standard InChI is InChI=1S/C29H42BNO3/c1-6-7-8-9-10-11-12-13-14-15-21-31-25-20-19-24(30-33-28(2,3)29(4,5)34-30)22-17-16-18-23(26(22)25)27(31)32/h16-20H,6-15,21H2,1-5H3. The van der Waals surface area contributed by atoms with Gasteiger partial charge in [-0.05, 0) is 57.1 Å². The van der Waals surface area contributed by atoms with Gasteiger partial charge in [0.15, 0.2) is 0 Å². The molecule has 34 heavy (non-hydrogen) atoms. The SMILES string of the molecule is CCCCCCCCCCCCN1C(=O)c2cccc3c(B4OC(C)(C)C(C)(C)O4)ccc1c23. The zero-order valence-corrected chi connectivity index (χ0v) is 21.9. The van der Waals surface area contributed by atoms with E-state index in [1.807, 2.05) is 17.0 Å². The summed E-state index contributed by atoms with van der Waals surface area (Å²) in [4.78, 5) is 15.3. The molecule has 5 heteroatoms. The summed E-state index contributed by atoms with van der Waals surface area (Å²) in [7, 11) is -0.430. The Bertz CT molecular complexity index is 1000. The van der Waals surface area contributed by atoms with Gasteiger partial charge in [0.25, 0.3) is 5.91 Å². The van der Waals surface area contributed by atoms with Crippen molar-refractivity contribution in [1.29, 1.82) is 0 Å². The van der Waals surface area contributed by atoms with E-state index >= 15 is 0 Å². The second-order valence-corrected chi connectivity index (χ2v) is 11.1. The molecule has 0 atom stereocenters. The molecule has 0 unspecified atom stereocenters. The van der Waals surface area contributed by atoms with E-state index in [2.05, 4.69) is 52.8 Å². The number of unbranched alkanes of at least 4 members (excludes halogenated alkanes) is 9. The Labute approximate surface area is 206 Å². The molecule has 0 radical (unpaired) electrons. The van der Waals surface area contributed by atoms with Crippen LogP contribution in [0.2, 0.25) is 0 Å². The first-order valence-electron chi connectivity index (χ1n) is 13.5. The first-order chi connectivity index (χ1) is 16.3. The Morgan fingerprint density at radius 1 is 0.794 bits per heavy atom. The second kappa shape index (κ2) is 10.4. The molecule has 0 bridgehead atoms. The Kier molecular flexibility index (Phi) is 7.74. The van der Waals surface area contributed by atoms with Gasteiger partial charge in [-0.1, -0.05) is 82.9 Å². The molecule has 4 nitrogen and oxygen atoms in total. The van der Waals surface area contributed by atoms with Crippen molar-refractivity contribution in [3.8, 4) is 0 Å². The number of nitrogens with zero attached hydrogens (tertiary/aromatic N) is 1. The first-order valence-corrected chi connectivity index (χ1v) is 13.5. The molecule has 0 aliphatic carbocycles. The topological polar surface area (TPSA) is 38.8 Å². The fourth-order valence-corrected chi connectivity index (χ4v) is 5.22. The highest BCUT2D eigenvalue weighted by molar-refractivity contribution is 6.65. The lowest BCUT2D eigenvalue weighted by Crippen LogP contribution is -2.41. The van der Waals surface area contributed by atoms with Crippen LogP contribution in [0.1, 0.15) is 109 Å². The molecule has 1 fully saturated rings. The van der Waals surface area contributed by atoms with E-state index in [1.54, 1.807) is 0 Å². The molecule has 2 heterocycles. The Morgan fingerprint density at radius 3 is 2.00 bits per heavy atom. The van der Waals surface area contributed by atoms with Gasteiger partial charge >= 0.3 is 7.12 Å². The maximum atomic E-state index is 13.3. The monoisotopic (exact) mass is 463 g/mol. The number of hydrogen-bond acceptors (Lipinski definition) is 3. The van der Waals surface area contributed by atoms with Crippen LogP contribution in [0.3, 0.4) is 0 Å². The summed E-state index contributed by atoms with van der Waals surface area (Å²) in [6, 6.07) is 10.2. The normalized spacial score (nSPS) is 18.4. The Balaban J connectivity index is 1.39. The fourth-order valence-electron chi connectivity index (χ4n) is 5.22. The van der Waals surface area contributed by atoms with Crippen LogP contribution in [-0.4, -0.2) is 30.8 Å². The van der Waals surface area contributed by atoms with E-state index < -0.39 is 18.3 Å². The Morgan fingerprint density at radius 2 is 1.38 bits per heavy atom. The van der Waals surface area contributed by atoms with Gasteiger partial charge in [0.05, 0.1) is 16.9 Å². The number of rotatable bonds is 12. The predicted octanol–water partition coefficient (Wildman–Crippen LogP) is 7.02. The van der Waals surface area contributed by atoms with Gasteiger partial charge in [-0.15, -0.1) is 0 Å². The van der Waals surface area contributed by atoms with E-state index in [0.29, 0.717) is 0 Å². The molecule has 0 saturated carbocycles. The molecule has 4 rings (SSSR count). The minimum absolute atomic E-state index is 0.127. The predicted molar refractivity (Wildman–Crippen MR) is 143 cm³/mol. The first kappa shape index (κ1) is 25.3. The maximum absolute atomic E-state index is 13.3. The van der Waals surface area contributed by atoms with Crippen LogP contribution >= 0.6 is 0 Å². The molecule has 0 N–H and O–H groups in total. The van der Waals surface area contributed by atoms with Crippen LogP contribution < -0.4 is 10.4 Å². The van der Waals surface area contributed by atoms with Crippen molar-refractivity contribution in [1.82, 2.24) is 0 Å². The van der Waals surface area contributed by atoms with Gasteiger partial charge in [-0.2, -0.15) is 0 Å². The summed E-state index contributed by atoms with van der Waals surface area (Å²) in [6.45, 7) is 11.4. The molecule has 2 aromatic rings. The van der Waals surface area contributed by atoms with Crippen molar-refractivity contribution in [2.75, 3.05) is 11.4 Å². The molecule has 1 amide bonds. The quantitative estimate of drug-likeness (QED) is 0.251. The highest BCUT2D eigenvalue weighted by Gasteiger charge is 2.52. The van der Waals surface area contributed by atoms with Gasteiger partial charge in [0.1, 0.15) is 0 Å². The third-order valence-corrected chi connectivity index (χ3v) is 8.06. The van der Waals surface area contributed by atoms with Crippen LogP contribution in [0.15, 0.2) is 30.3 Å². The van der Waals surface area contributed by atoms with Crippen LogP contribution in [0.4, 0.5) is 5.69 Å². The second-order valence-electron chi connectivity index (χ2n) is 11.1. The third-order valence-electron chi connectivity index (χ3n) is 8.06. The molecule has 2 aliphatic rings. The molecule has 0 aromatic heterocycles. The van der Waals surface area contributed by atoms with E-state index in [-0.39, 0.29) is 5.91 Å². The van der Waals surface area contributed by atoms with E-state index in [1.165, 1.54) is 57.8 Å². The summed E-state index contributed by atoms with van der Waals surface area (Å²) in [5.74, 6) is 0.127. The van der Waals surface area contributed by atoms with Crippen molar-refractivity contribution in [2.45, 2.75) is 110 Å². The molecule has 1 saturated heterocycles. The number of benzene rings is 2. The van der Waals surface area contributed by atoms with Crippen molar-refractivity contribution >= 4 is 34.9 Å². The smallest absolute Gasteiger partial charge is 0.399 e. The molecule has 184 valence electrons. The lowest BCUT2D eigenvalue weighted by molar-refractivity contribution is 0.00578. The summed E-state index contributed by atoms with van der Waals surface area (Å²) in [5.41, 5.74) is 2.06. The van der Waals surface area contributed by atoms with Crippen molar-refractivity contribution in [3.05, 3.63) is 35.9 Å². The number of carbonyl (C=O) groups is 1. The van der Waals surface area contributed by atoms with Crippen LogP contribution in [0.25, 0.3) is 10.8 Å². The van der Waals surface area contributed by atoms with Gasteiger partial charge < -0.3 is 14.2 Å². The molecule has 2 aliphatic heterocycles. The lowest BCUT2D eigenvalue weighted by atomic mass is 9.75. The van der Waals surface area contributed by atoms with Crippen LogP contribution in [-0.2, 0) is 9.31 Å². The minimum Gasteiger partial charge on any atom is -0.399 e. The number of carbonyl (C=O) groups excluding carboxylic acids is 1. The minimum atomic E-state index is -0.430. The Hall–Kier alpha value is -1.85. The fraction of sp³-hybridized carbons (Fsp3) is 0.621. The molecular formula is C29H42BNO3. The van der Waals surface area contributed by atoms with Gasteiger partial charge in [0.2, 0.25) is 0 Å². The summed E-state index contributed by atoms with van der Waals surface area (Å²) in [6.07, 6.45) is 13.0.